The summed E-state index contributed by atoms with van der Waals surface area (Å²) in [7, 11) is -4.14. The molecule has 2 atom stereocenters. The quantitative estimate of drug-likeness (QED) is 0.448. The lowest BCUT2D eigenvalue weighted by atomic mass is 9.91. The third kappa shape index (κ3) is 4.78. The number of allylic oxidation sites excluding steroid dienone is 4. The number of carboxylic acids is 1. The second kappa shape index (κ2) is 9.75. The second-order valence-electron chi connectivity index (χ2n) is 9.46. The van der Waals surface area contributed by atoms with Gasteiger partial charge in [-0.05, 0) is 49.6 Å². The first kappa shape index (κ1) is 25.2. The standard InChI is InChI=1S/C27H28FN3O5S/c1-3-36-20-8-10-26(22(28)13-20)37(34,35)30-15-19(12-18-5-4-6-18)25(16-30)31-24-11-17(2)7-9-21(24)23(29-31)14-27(32)33/h4-11,13,19,25H,3,12,14-16H2,1-2H3,(H,32,33)/t19-,25+/m1/s1. The molecule has 10 heteroatoms. The number of carbonyl (C=O) groups is 1. The first-order valence-corrected chi connectivity index (χ1v) is 13.6. The van der Waals surface area contributed by atoms with Gasteiger partial charge >= 0.3 is 5.97 Å². The molecule has 1 fully saturated rings. The number of sulfonamides is 1. The van der Waals surface area contributed by atoms with Crippen LogP contribution in [0.2, 0.25) is 0 Å². The van der Waals surface area contributed by atoms with Crippen molar-refractivity contribution in [2.45, 2.75) is 37.6 Å². The highest BCUT2D eigenvalue weighted by Crippen LogP contribution is 2.39. The summed E-state index contributed by atoms with van der Waals surface area (Å²) in [6, 6.07) is 9.13. The van der Waals surface area contributed by atoms with Crippen molar-refractivity contribution in [3.8, 4) is 5.75 Å². The first-order valence-electron chi connectivity index (χ1n) is 12.2. The molecule has 3 aromatic rings. The van der Waals surface area contributed by atoms with Crippen LogP contribution in [0.3, 0.4) is 0 Å². The van der Waals surface area contributed by atoms with Crippen LogP contribution in [0, 0.1) is 18.7 Å². The van der Waals surface area contributed by atoms with Gasteiger partial charge in [0.25, 0.3) is 0 Å². The van der Waals surface area contributed by atoms with Gasteiger partial charge in [0.05, 0.1) is 30.3 Å². The number of ether oxygens (including phenoxy) is 1. The fourth-order valence-electron chi connectivity index (χ4n) is 5.09. The molecule has 1 aromatic heterocycles. The van der Waals surface area contributed by atoms with Gasteiger partial charge < -0.3 is 9.84 Å². The Morgan fingerprint density at radius 2 is 2.00 bits per heavy atom. The average molecular weight is 526 g/mol. The average Bonchev–Trinajstić information content (AvgIpc) is 3.37. The van der Waals surface area contributed by atoms with Crippen molar-refractivity contribution in [3.05, 3.63) is 77.3 Å². The minimum absolute atomic E-state index is 0.0911. The van der Waals surface area contributed by atoms with E-state index < -0.39 is 26.7 Å². The van der Waals surface area contributed by atoms with Crippen molar-refractivity contribution in [3.63, 3.8) is 0 Å². The maximum absolute atomic E-state index is 14.9. The van der Waals surface area contributed by atoms with E-state index in [0.29, 0.717) is 18.7 Å². The molecule has 0 spiro atoms. The van der Waals surface area contributed by atoms with Gasteiger partial charge in [0, 0.05) is 30.5 Å². The number of aromatic nitrogens is 2. The molecule has 0 bridgehead atoms. The van der Waals surface area contributed by atoms with Gasteiger partial charge in [0.1, 0.15) is 16.5 Å². The summed E-state index contributed by atoms with van der Waals surface area (Å²) in [5, 5.41) is 14.8. The van der Waals surface area contributed by atoms with Crippen LogP contribution < -0.4 is 4.74 Å². The zero-order valence-corrected chi connectivity index (χ0v) is 21.4. The van der Waals surface area contributed by atoms with E-state index in [1.807, 2.05) is 43.4 Å². The Morgan fingerprint density at radius 3 is 2.65 bits per heavy atom. The summed E-state index contributed by atoms with van der Waals surface area (Å²) in [6.45, 7) is 4.32. The largest absolute Gasteiger partial charge is 0.494 e. The zero-order valence-electron chi connectivity index (χ0n) is 20.6. The zero-order chi connectivity index (χ0) is 26.3. The summed E-state index contributed by atoms with van der Waals surface area (Å²) in [5.74, 6) is -1.73. The van der Waals surface area contributed by atoms with Crippen LogP contribution in [0.4, 0.5) is 4.39 Å². The van der Waals surface area contributed by atoms with E-state index in [0.717, 1.165) is 28.1 Å². The molecule has 1 aliphatic heterocycles. The number of aryl methyl sites for hydroxylation is 1. The number of fused-ring (bicyclic) bond motifs is 1. The number of aliphatic carboxylic acids is 1. The number of benzene rings is 2. The fourth-order valence-corrected chi connectivity index (χ4v) is 6.65. The third-order valence-electron chi connectivity index (χ3n) is 6.90. The van der Waals surface area contributed by atoms with Gasteiger partial charge in [0.2, 0.25) is 10.0 Å². The molecule has 1 N–H and O–H groups in total. The Kier molecular flexibility index (Phi) is 6.63. The van der Waals surface area contributed by atoms with Crippen LogP contribution in [0.15, 0.2) is 65.1 Å². The van der Waals surface area contributed by atoms with E-state index in [1.165, 1.54) is 16.4 Å². The third-order valence-corrected chi connectivity index (χ3v) is 8.76. The van der Waals surface area contributed by atoms with Crippen LogP contribution in [-0.4, -0.2) is 53.3 Å². The number of rotatable bonds is 9. The Balaban J connectivity index is 1.54. The minimum atomic E-state index is -4.14. The Morgan fingerprint density at radius 1 is 1.22 bits per heavy atom. The van der Waals surface area contributed by atoms with Crippen LogP contribution in [0.25, 0.3) is 10.9 Å². The molecular formula is C27H28FN3O5S. The minimum Gasteiger partial charge on any atom is -0.494 e. The summed E-state index contributed by atoms with van der Waals surface area (Å²) < 4.78 is 50.5. The lowest BCUT2D eigenvalue weighted by molar-refractivity contribution is -0.136. The van der Waals surface area contributed by atoms with E-state index in [2.05, 4.69) is 5.10 Å². The Labute approximate surface area is 214 Å². The molecule has 1 saturated heterocycles. The van der Waals surface area contributed by atoms with E-state index in [1.54, 1.807) is 11.6 Å². The number of hydrogen-bond acceptors (Lipinski definition) is 5. The number of hydrogen-bond donors (Lipinski definition) is 1. The predicted octanol–water partition coefficient (Wildman–Crippen LogP) is 4.26. The molecule has 2 heterocycles. The highest BCUT2D eigenvalue weighted by molar-refractivity contribution is 7.89. The van der Waals surface area contributed by atoms with Crippen molar-refractivity contribution >= 4 is 26.9 Å². The van der Waals surface area contributed by atoms with Crippen LogP contribution >= 0.6 is 0 Å². The molecule has 0 unspecified atom stereocenters. The molecular weight excluding hydrogens is 497 g/mol. The second-order valence-corrected chi connectivity index (χ2v) is 11.4. The molecule has 0 saturated carbocycles. The molecule has 0 radical (unpaired) electrons. The fraction of sp³-hybridized carbons (Fsp3) is 0.333. The van der Waals surface area contributed by atoms with Gasteiger partial charge in [-0.1, -0.05) is 30.4 Å². The maximum Gasteiger partial charge on any atom is 0.309 e. The number of nitrogens with zero attached hydrogens (tertiary/aromatic N) is 3. The normalized spacial score (nSPS) is 19.7. The summed E-state index contributed by atoms with van der Waals surface area (Å²) in [4.78, 5) is 11.1. The molecule has 2 aromatic carbocycles. The topological polar surface area (TPSA) is 102 Å². The smallest absolute Gasteiger partial charge is 0.309 e. The molecule has 2 aliphatic rings. The SMILES string of the molecule is CCOc1ccc(S(=O)(=O)N2C[C@@H](CC3=CC=C3)[C@@H](n3nc(CC(=O)O)c4ccc(C)cc43)C2)c(F)c1. The highest BCUT2D eigenvalue weighted by Gasteiger charge is 2.42. The molecule has 1 aliphatic carbocycles. The first-order chi connectivity index (χ1) is 17.7. The van der Waals surface area contributed by atoms with Gasteiger partial charge in [-0.25, -0.2) is 12.8 Å². The van der Waals surface area contributed by atoms with Gasteiger partial charge in [-0.2, -0.15) is 9.40 Å². The van der Waals surface area contributed by atoms with Crippen molar-refractivity contribution in [2.24, 2.45) is 5.92 Å². The van der Waals surface area contributed by atoms with Crippen LogP contribution in [-0.2, 0) is 21.2 Å². The van der Waals surface area contributed by atoms with E-state index >= 15 is 0 Å². The van der Waals surface area contributed by atoms with Gasteiger partial charge in [0.15, 0.2) is 0 Å². The van der Waals surface area contributed by atoms with E-state index in [9.17, 15) is 22.7 Å². The van der Waals surface area contributed by atoms with Crippen molar-refractivity contribution in [2.75, 3.05) is 19.7 Å². The van der Waals surface area contributed by atoms with Crippen molar-refractivity contribution < 1.29 is 27.4 Å². The molecule has 194 valence electrons. The molecule has 5 rings (SSSR count). The van der Waals surface area contributed by atoms with Crippen LogP contribution in [0.1, 0.15) is 30.6 Å². The lowest BCUT2D eigenvalue weighted by Crippen LogP contribution is -2.30. The van der Waals surface area contributed by atoms with Crippen LogP contribution in [0.5, 0.6) is 5.75 Å². The highest BCUT2D eigenvalue weighted by atomic mass is 32.2. The van der Waals surface area contributed by atoms with E-state index in [4.69, 9.17) is 4.74 Å². The molecule has 0 amide bonds. The maximum atomic E-state index is 14.9. The summed E-state index contributed by atoms with van der Waals surface area (Å²) >= 11 is 0. The predicted molar refractivity (Wildman–Crippen MR) is 137 cm³/mol. The monoisotopic (exact) mass is 525 g/mol. The van der Waals surface area contributed by atoms with Gasteiger partial charge in [-0.15, -0.1) is 0 Å². The Bertz CT molecular complexity index is 1540. The van der Waals surface area contributed by atoms with E-state index in [-0.39, 0.29) is 37.2 Å². The summed E-state index contributed by atoms with van der Waals surface area (Å²) in [5.41, 5.74) is 3.27. The molecule has 8 nitrogen and oxygen atoms in total. The van der Waals surface area contributed by atoms with Crippen molar-refractivity contribution in [1.29, 1.82) is 0 Å². The number of carboxylic acid groups (broad SMARTS) is 1. The lowest BCUT2D eigenvalue weighted by Gasteiger charge is -2.21. The number of halogens is 1. The summed E-state index contributed by atoms with van der Waals surface area (Å²) in [6.07, 6.45) is 6.29. The molecule has 37 heavy (non-hydrogen) atoms. The van der Waals surface area contributed by atoms with Crippen molar-refractivity contribution in [1.82, 2.24) is 14.1 Å². The van der Waals surface area contributed by atoms with Gasteiger partial charge in [-0.3, -0.25) is 9.48 Å². The Hall–Kier alpha value is -3.50.